The number of nitrogens with one attached hydrogen (secondary N) is 3. The molecule has 0 unspecified atom stereocenters. The highest BCUT2D eigenvalue weighted by Gasteiger charge is 2.21. The van der Waals surface area contributed by atoms with Crippen LogP contribution in [0.5, 0.6) is 0 Å². The summed E-state index contributed by atoms with van der Waals surface area (Å²) in [6.45, 7) is 0. The predicted octanol–water partition coefficient (Wildman–Crippen LogP) is -0.693. The maximum atomic E-state index is 11.8. The SMILES string of the molecule is O=c1[nH]snc1-c1nc(-c2ns[nH]c2=O)nc(-c2ns[nH]c2=O)n1. The molecule has 0 bridgehead atoms. The second-order valence-electron chi connectivity index (χ2n) is 4.19. The van der Waals surface area contributed by atoms with Crippen molar-refractivity contribution in [1.82, 2.24) is 41.2 Å². The van der Waals surface area contributed by atoms with Crippen LogP contribution in [-0.4, -0.2) is 41.2 Å². The van der Waals surface area contributed by atoms with E-state index in [1.54, 1.807) is 0 Å². The number of rotatable bonds is 3. The van der Waals surface area contributed by atoms with Crippen LogP contribution in [0.4, 0.5) is 0 Å². The molecule has 3 N–H and O–H groups in total. The molecule has 4 heterocycles. The quantitative estimate of drug-likeness (QED) is 0.414. The minimum Gasteiger partial charge on any atom is -0.266 e. The number of H-pyrrole nitrogens is 3. The molecule has 0 aliphatic rings. The van der Waals surface area contributed by atoms with E-state index >= 15 is 0 Å². The summed E-state index contributed by atoms with van der Waals surface area (Å²) in [6, 6.07) is 0. The lowest BCUT2D eigenvalue weighted by Gasteiger charge is -2.00. The van der Waals surface area contributed by atoms with Gasteiger partial charge in [-0.1, -0.05) is 0 Å². The van der Waals surface area contributed by atoms with Gasteiger partial charge in [0.25, 0.3) is 16.7 Å². The Morgan fingerprint density at radius 1 is 0.542 bits per heavy atom. The summed E-state index contributed by atoms with van der Waals surface area (Å²) >= 11 is 2.47. The van der Waals surface area contributed by atoms with E-state index in [9.17, 15) is 14.4 Å². The number of aromatic nitrogens is 9. The first-order chi connectivity index (χ1) is 11.6. The van der Waals surface area contributed by atoms with Crippen LogP contribution >= 0.6 is 35.2 Å². The Bertz CT molecular complexity index is 1030. The molecule has 0 saturated carbocycles. The van der Waals surface area contributed by atoms with E-state index in [0.717, 1.165) is 35.2 Å². The van der Waals surface area contributed by atoms with E-state index < -0.39 is 16.7 Å². The van der Waals surface area contributed by atoms with Crippen LogP contribution in [0.25, 0.3) is 34.6 Å². The average molecular weight is 381 g/mol. The summed E-state index contributed by atoms with van der Waals surface area (Å²) in [5.74, 6) is -0.257. The van der Waals surface area contributed by atoms with Crippen LogP contribution < -0.4 is 16.7 Å². The predicted molar refractivity (Wildman–Crippen MR) is 85.0 cm³/mol. The summed E-state index contributed by atoms with van der Waals surface area (Å²) < 4.78 is 18.9. The molecule has 0 fully saturated rings. The summed E-state index contributed by atoms with van der Waals surface area (Å²) in [6.07, 6.45) is 0. The van der Waals surface area contributed by atoms with Gasteiger partial charge in [0, 0.05) is 35.2 Å². The molecule has 0 radical (unpaired) electrons. The Morgan fingerprint density at radius 2 is 0.833 bits per heavy atom. The van der Waals surface area contributed by atoms with Crippen LogP contribution in [0.1, 0.15) is 0 Å². The number of hydrogen-bond acceptors (Lipinski definition) is 12. The molecule has 4 aromatic rings. The fourth-order valence-corrected chi connectivity index (χ4v) is 3.16. The van der Waals surface area contributed by atoms with Crippen LogP contribution in [0.3, 0.4) is 0 Å². The maximum absolute atomic E-state index is 11.8. The lowest BCUT2D eigenvalue weighted by molar-refractivity contribution is 1.04. The van der Waals surface area contributed by atoms with Gasteiger partial charge in [0.15, 0.2) is 34.6 Å². The first-order valence-corrected chi connectivity index (χ1v) is 8.36. The van der Waals surface area contributed by atoms with Gasteiger partial charge in [0.2, 0.25) is 0 Å². The third-order valence-electron chi connectivity index (χ3n) is 2.74. The standard InChI is InChI=1S/C9H3N9O3S3/c19-7-1(13-22-16-7)4-10-5(2-8(20)17-23-14-2)12-6(11-4)3-9(21)18-24-15-3/h(H,16,19)(H,17,20)(H,18,21). The molecule has 12 nitrogen and oxygen atoms in total. The Morgan fingerprint density at radius 3 is 1.04 bits per heavy atom. The van der Waals surface area contributed by atoms with Gasteiger partial charge >= 0.3 is 0 Å². The Balaban J connectivity index is 2.02. The third-order valence-corrected chi connectivity index (χ3v) is 4.39. The molecule has 0 aliphatic heterocycles. The summed E-state index contributed by atoms with van der Waals surface area (Å²) in [7, 11) is 0. The van der Waals surface area contributed by atoms with Crippen LogP contribution in [0.15, 0.2) is 14.4 Å². The molecular weight excluding hydrogens is 378 g/mol. The highest BCUT2D eigenvalue weighted by Crippen LogP contribution is 2.18. The second-order valence-corrected chi connectivity index (χ2v) is 5.90. The van der Waals surface area contributed by atoms with E-state index in [2.05, 4.69) is 41.2 Å². The summed E-state index contributed by atoms with van der Waals surface area (Å²) in [5.41, 5.74) is -1.65. The monoisotopic (exact) mass is 381 g/mol. The fraction of sp³-hybridized carbons (Fsp3) is 0. The smallest absolute Gasteiger partial charge is 0.266 e. The highest BCUT2D eigenvalue weighted by atomic mass is 32.1. The fourth-order valence-electron chi connectivity index (χ4n) is 1.72. The molecular formula is C9H3N9O3S3. The lowest BCUT2D eigenvalue weighted by atomic mass is 10.3. The molecule has 4 rings (SSSR count). The van der Waals surface area contributed by atoms with Crippen LogP contribution in [0, 0.1) is 0 Å². The van der Waals surface area contributed by atoms with Gasteiger partial charge in [-0.05, 0) is 0 Å². The number of aromatic amines is 3. The van der Waals surface area contributed by atoms with Crippen molar-refractivity contribution in [2.75, 3.05) is 0 Å². The molecule has 0 aliphatic carbocycles. The van der Waals surface area contributed by atoms with Crippen molar-refractivity contribution in [2.45, 2.75) is 0 Å². The van der Waals surface area contributed by atoms with Crippen molar-refractivity contribution in [3.05, 3.63) is 31.1 Å². The average Bonchev–Trinajstić information content (AvgIpc) is 3.28. The van der Waals surface area contributed by atoms with Gasteiger partial charge in [-0.2, -0.15) is 13.1 Å². The van der Waals surface area contributed by atoms with E-state index in [-0.39, 0.29) is 34.6 Å². The second kappa shape index (κ2) is 5.62. The molecule has 15 heteroatoms. The van der Waals surface area contributed by atoms with E-state index in [1.165, 1.54) is 0 Å². The molecule has 24 heavy (non-hydrogen) atoms. The highest BCUT2D eigenvalue weighted by molar-refractivity contribution is 6.99. The van der Waals surface area contributed by atoms with Crippen molar-refractivity contribution < 1.29 is 0 Å². The van der Waals surface area contributed by atoms with Gasteiger partial charge in [-0.15, -0.1) is 0 Å². The molecule has 0 spiro atoms. The van der Waals surface area contributed by atoms with Gasteiger partial charge < -0.3 is 0 Å². The van der Waals surface area contributed by atoms with E-state index in [0.29, 0.717) is 0 Å². The van der Waals surface area contributed by atoms with Gasteiger partial charge in [-0.3, -0.25) is 27.5 Å². The van der Waals surface area contributed by atoms with Crippen molar-refractivity contribution in [3.8, 4) is 34.6 Å². The zero-order chi connectivity index (χ0) is 16.7. The zero-order valence-corrected chi connectivity index (χ0v) is 13.6. The van der Waals surface area contributed by atoms with Crippen molar-refractivity contribution >= 4 is 35.2 Å². The van der Waals surface area contributed by atoms with Crippen LogP contribution in [0.2, 0.25) is 0 Å². The molecule has 0 amide bonds. The van der Waals surface area contributed by atoms with E-state index in [1.807, 2.05) is 0 Å². The van der Waals surface area contributed by atoms with Crippen LogP contribution in [-0.2, 0) is 0 Å². The van der Waals surface area contributed by atoms with Gasteiger partial charge in [0.05, 0.1) is 0 Å². The summed E-state index contributed by atoms with van der Waals surface area (Å²) in [4.78, 5) is 47.5. The Kier molecular flexibility index (Phi) is 3.44. The number of nitrogens with zero attached hydrogens (tertiary/aromatic N) is 6. The molecule has 0 atom stereocenters. The first-order valence-electron chi connectivity index (χ1n) is 6.03. The topological polar surface area (TPSA) is 176 Å². The Hall–Kier alpha value is -2.91. The lowest BCUT2D eigenvalue weighted by Crippen LogP contribution is -2.12. The number of hydrogen-bond donors (Lipinski definition) is 3. The normalized spacial score (nSPS) is 11.0. The van der Waals surface area contributed by atoms with Gasteiger partial charge in [0.1, 0.15) is 0 Å². The zero-order valence-electron chi connectivity index (χ0n) is 11.1. The third kappa shape index (κ3) is 2.39. The first kappa shape index (κ1) is 14.7. The molecule has 0 saturated heterocycles. The van der Waals surface area contributed by atoms with Crippen molar-refractivity contribution in [1.29, 1.82) is 0 Å². The van der Waals surface area contributed by atoms with Crippen molar-refractivity contribution in [2.24, 2.45) is 0 Å². The summed E-state index contributed by atoms with van der Waals surface area (Å²) in [5, 5.41) is 0. The largest absolute Gasteiger partial charge is 0.289 e. The van der Waals surface area contributed by atoms with Gasteiger partial charge in [-0.25, -0.2) is 15.0 Å². The minimum atomic E-state index is -0.498. The Labute approximate surface area is 142 Å². The molecule has 4 aromatic heterocycles. The minimum absolute atomic E-state index is 0.0526. The maximum Gasteiger partial charge on any atom is 0.289 e. The van der Waals surface area contributed by atoms with Crippen molar-refractivity contribution in [3.63, 3.8) is 0 Å². The molecule has 120 valence electrons. The van der Waals surface area contributed by atoms with E-state index in [4.69, 9.17) is 0 Å². The molecule has 0 aromatic carbocycles.